The molecule has 2 aromatic carbocycles. The lowest BCUT2D eigenvalue weighted by Gasteiger charge is -2.19. The van der Waals surface area contributed by atoms with E-state index in [4.69, 9.17) is 30.3 Å². The number of anilines is 1. The molecule has 8 nitrogen and oxygen atoms in total. The second kappa shape index (κ2) is 8.23. The van der Waals surface area contributed by atoms with Gasteiger partial charge in [0.1, 0.15) is 17.2 Å². The molecule has 156 valence electrons. The lowest BCUT2D eigenvalue weighted by Crippen LogP contribution is -2.24. The van der Waals surface area contributed by atoms with Crippen molar-refractivity contribution < 1.29 is 23.5 Å². The molecule has 1 atom stereocenters. The minimum Gasteiger partial charge on any atom is -0.497 e. The first-order chi connectivity index (χ1) is 14.5. The van der Waals surface area contributed by atoms with E-state index in [2.05, 4.69) is 10.1 Å². The molecule has 2 heterocycles. The molecule has 0 aliphatic carbocycles. The van der Waals surface area contributed by atoms with E-state index in [1.807, 2.05) is 0 Å². The van der Waals surface area contributed by atoms with Crippen molar-refractivity contribution in [1.82, 2.24) is 10.1 Å². The van der Waals surface area contributed by atoms with Crippen LogP contribution in [0.25, 0.3) is 11.4 Å². The molecule has 1 aromatic heterocycles. The van der Waals surface area contributed by atoms with Crippen LogP contribution >= 0.6 is 11.6 Å². The van der Waals surface area contributed by atoms with Gasteiger partial charge in [-0.25, -0.2) is 0 Å². The van der Waals surface area contributed by atoms with Crippen LogP contribution in [0.4, 0.5) is 5.69 Å². The molecular formula is C21H20ClN3O5. The molecule has 0 spiro atoms. The molecule has 4 rings (SSSR count). The maximum absolute atomic E-state index is 12.7. The lowest BCUT2D eigenvalue weighted by atomic mass is 10.1. The van der Waals surface area contributed by atoms with Crippen molar-refractivity contribution in [1.29, 1.82) is 0 Å². The molecular weight excluding hydrogens is 410 g/mol. The number of aromatic nitrogens is 2. The van der Waals surface area contributed by atoms with Crippen LogP contribution in [0.1, 0.15) is 18.2 Å². The molecule has 1 amide bonds. The van der Waals surface area contributed by atoms with Crippen molar-refractivity contribution in [3.05, 3.63) is 47.3 Å². The van der Waals surface area contributed by atoms with Crippen LogP contribution in [-0.2, 0) is 4.79 Å². The van der Waals surface area contributed by atoms with Crippen molar-refractivity contribution in [3.8, 4) is 28.6 Å². The van der Waals surface area contributed by atoms with Gasteiger partial charge < -0.3 is 23.6 Å². The van der Waals surface area contributed by atoms with E-state index in [0.29, 0.717) is 51.8 Å². The summed E-state index contributed by atoms with van der Waals surface area (Å²) in [6.45, 7) is 0.388. The summed E-state index contributed by atoms with van der Waals surface area (Å²) in [4.78, 5) is 18.8. The van der Waals surface area contributed by atoms with Crippen LogP contribution in [0.2, 0.25) is 5.02 Å². The van der Waals surface area contributed by atoms with Crippen LogP contribution in [0.3, 0.4) is 0 Å². The smallest absolute Gasteiger partial charge is 0.232 e. The highest BCUT2D eigenvalue weighted by Gasteiger charge is 2.36. The second-order valence-corrected chi connectivity index (χ2v) is 7.22. The van der Waals surface area contributed by atoms with Gasteiger partial charge in [-0.2, -0.15) is 4.98 Å². The first-order valence-electron chi connectivity index (χ1n) is 9.23. The van der Waals surface area contributed by atoms with Crippen LogP contribution < -0.4 is 19.1 Å². The number of amides is 1. The van der Waals surface area contributed by atoms with Gasteiger partial charge in [0.2, 0.25) is 17.6 Å². The third-order valence-corrected chi connectivity index (χ3v) is 5.19. The number of rotatable bonds is 6. The van der Waals surface area contributed by atoms with Crippen molar-refractivity contribution >= 4 is 23.2 Å². The fraction of sp³-hybridized carbons (Fsp3) is 0.286. The lowest BCUT2D eigenvalue weighted by molar-refractivity contribution is -0.117. The third kappa shape index (κ3) is 3.78. The van der Waals surface area contributed by atoms with E-state index in [1.165, 1.54) is 0 Å². The fourth-order valence-electron chi connectivity index (χ4n) is 3.43. The molecule has 0 bridgehead atoms. The number of hydrogen-bond donors (Lipinski definition) is 0. The van der Waals surface area contributed by atoms with E-state index in [1.54, 1.807) is 62.6 Å². The zero-order valence-corrected chi connectivity index (χ0v) is 17.5. The minimum atomic E-state index is -0.241. The van der Waals surface area contributed by atoms with E-state index < -0.39 is 0 Å². The summed E-state index contributed by atoms with van der Waals surface area (Å²) in [5.74, 6) is 2.29. The molecule has 1 aliphatic heterocycles. The van der Waals surface area contributed by atoms with Gasteiger partial charge in [-0.1, -0.05) is 16.8 Å². The SMILES string of the molecule is COc1cc(OC)cc(-c2noc(C3CC(=O)N(c4cc(Cl)ccc4OC)C3)n2)c1. The van der Waals surface area contributed by atoms with Crippen LogP contribution in [0, 0.1) is 0 Å². The van der Waals surface area contributed by atoms with Crippen molar-refractivity contribution in [2.24, 2.45) is 0 Å². The largest absolute Gasteiger partial charge is 0.497 e. The Hall–Kier alpha value is -3.26. The Labute approximate surface area is 178 Å². The minimum absolute atomic E-state index is 0.0663. The fourth-order valence-corrected chi connectivity index (χ4v) is 3.60. The Bertz CT molecular complexity index is 1060. The van der Waals surface area contributed by atoms with Crippen molar-refractivity contribution in [2.45, 2.75) is 12.3 Å². The maximum Gasteiger partial charge on any atom is 0.232 e. The first kappa shape index (κ1) is 20.0. The number of halogens is 1. The van der Waals surface area contributed by atoms with Crippen LogP contribution in [-0.4, -0.2) is 43.9 Å². The van der Waals surface area contributed by atoms with E-state index in [9.17, 15) is 4.79 Å². The molecule has 1 unspecified atom stereocenters. The van der Waals surface area contributed by atoms with Gasteiger partial charge in [-0.15, -0.1) is 0 Å². The highest BCUT2D eigenvalue weighted by Crippen LogP contribution is 2.38. The summed E-state index contributed by atoms with van der Waals surface area (Å²) < 4.78 is 21.5. The van der Waals surface area contributed by atoms with Gasteiger partial charge in [0.25, 0.3) is 0 Å². The normalized spacial score (nSPS) is 16.1. The Morgan fingerprint density at radius 3 is 2.47 bits per heavy atom. The Balaban J connectivity index is 1.60. The molecule has 0 radical (unpaired) electrons. The summed E-state index contributed by atoms with van der Waals surface area (Å²) in [5, 5.41) is 4.60. The molecule has 30 heavy (non-hydrogen) atoms. The summed E-state index contributed by atoms with van der Waals surface area (Å²) in [7, 11) is 4.70. The van der Waals surface area contributed by atoms with E-state index in [-0.39, 0.29) is 18.2 Å². The summed E-state index contributed by atoms with van der Waals surface area (Å²) in [5.41, 5.74) is 1.31. The Morgan fingerprint density at radius 1 is 1.07 bits per heavy atom. The third-order valence-electron chi connectivity index (χ3n) is 4.96. The van der Waals surface area contributed by atoms with Crippen molar-refractivity contribution in [2.75, 3.05) is 32.8 Å². The molecule has 0 N–H and O–H groups in total. The van der Waals surface area contributed by atoms with Crippen molar-refractivity contribution in [3.63, 3.8) is 0 Å². The Kier molecular flexibility index (Phi) is 5.50. The zero-order chi connectivity index (χ0) is 21.3. The number of carbonyl (C=O) groups is 1. The van der Waals surface area contributed by atoms with Gasteiger partial charge in [0.05, 0.1) is 32.9 Å². The predicted octanol–water partition coefficient (Wildman–Crippen LogP) is 3.94. The first-order valence-corrected chi connectivity index (χ1v) is 9.61. The monoisotopic (exact) mass is 429 g/mol. The number of carbonyl (C=O) groups excluding carboxylic acids is 1. The standard InChI is InChI=1S/C21H20ClN3O5/c1-27-15-6-12(7-16(10-15)28-2)20-23-21(30-24-20)13-8-19(26)25(11-13)17-9-14(22)4-5-18(17)29-3/h4-7,9-10,13H,8,11H2,1-3H3. The second-order valence-electron chi connectivity index (χ2n) is 6.78. The zero-order valence-electron chi connectivity index (χ0n) is 16.7. The molecule has 3 aromatic rings. The number of hydrogen-bond acceptors (Lipinski definition) is 7. The topological polar surface area (TPSA) is 86.9 Å². The van der Waals surface area contributed by atoms with E-state index >= 15 is 0 Å². The average molecular weight is 430 g/mol. The highest BCUT2D eigenvalue weighted by atomic mass is 35.5. The average Bonchev–Trinajstić information content (AvgIpc) is 3.40. The number of methoxy groups -OCH3 is 3. The van der Waals surface area contributed by atoms with Gasteiger partial charge in [0.15, 0.2) is 0 Å². The van der Waals surface area contributed by atoms with Crippen LogP contribution in [0.5, 0.6) is 17.2 Å². The summed E-state index contributed by atoms with van der Waals surface area (Å²) >= 11 is 6.12. The van der Waals surface area contributed by atoms with E-state index in [0.717, 1.165) is 0 Å². The molecule has 1 aliphatic rings. The summed E-state index contributed by atoms with van der Waals surface area (Å²) in [6, 6.07) is 10.5. The van der Waals surface area contributed by atoms with Crippen LogP contribution in [0.15, 0.2) is 40.9 Å². The molecule has 0 saturated carbocycles. The van der Waals surface area contributed by atoms with Gasteiger partial charge in [0, 0.05) is 29.6 Å². The number of benzene rings is 2. The summed E-state index contributed by atoms with van der Waals surface area (Å²) in [6.07, 6.45) is 0.249. The van der Waals surface area contributed by atoms with Gasteiger partial charge >= 0.3 is 0 Å². The quantitative estimate of drug-likeness (QED) is 0.586. The Morgan fingerprint density at radius 2 is 1.80 bits per heavy atom. The predicted molar refractivity (Wildman–Crippen MR) is 111 cm³/mol. The molecule has 1 saturated heterocycles. The number of ether oxygens (including phenoxy) is 3. The number of nitrogens with zero attached hydrogens (tertiary/aromatic N) is 3. The highest BCUT2D eigenvalue weighted by molar-refractivity contribution is 6.31. The molecule has 9 heteroatoms. The van der Waals surface area contributed by atoms with Gasteiger partial charge in [-0.05, 0) is 30.3 Å². The maximum atomic E-state index is 12.7. The van der Waals surface area contributed by atoms with Gasteiger partial charge in [-0.3, -0.25) is 4.79 Å². The molecule has 1 fully saturated rings.